The number of aliphatic hydroxyl groups is 2. The van der Waals surface area contributed by atoms with Gasteiger partial charge in [-0.3, -0.25) is 0 Å². The number of carbonyl (C=O) groups is 2. The molecule has 1 rings (SSSR count). The van der Waals surface area contributed by atoms with E-state index in [1.54, 1.807) is 0 Å². The van der Waals surface area contributed by atoms with E-state index in [9.17, 15) is 19.8 Å². The summed E-state index contributed by atoms with van der Waals surface area (Å²) in [6.07, 6.45) is 2.41. The minimum Gasteiger partial charge on any atom is -0.479 e. The third kappa shape index (κ3) is 4.50. The lowest BCUT2D eigenvalue weighted by molar-refractivity contribution is -0.155. The van der Waals surface area contributed by atoms with Crippen LogP contribution in [0.5, 0.6) is 0 Å². The standard InChI is InChI=1S/C11H20N2O5/c1-11(18,9(15)16)6-12-10(17)13-7-2-4-8(14)5-3-7/h7-8,14,18H,2-6H2,1H3,(H,15,16)(H2,12,13,17). The van der Waals surface area contributed by atoms with Crippen LogP contribution in [0.15, 0.2) is 0 Å². The first-order chi connectivity index (χ1) is 8.31. The fourth-order valence-electron chi connectivity index (χ4n) is 1.78. The summed E-state index contributed by atoms with van der Waals surface area (Å²) in [6, 6.07) is -0.513. The summed E-state index contributed by atoms with van der Waals surface area (Å²) in [4.78, 5) is 22.1. The lowest BCUT2D eigenvalue weighted by Crippen LogP contribution is -2.51. The van der Waals surface area contributed by atoms with Crippen molar-refractivity contribution >= 4 is 12.0 Å². The van der Waals surface area contributed by atoms with Gasteiger partial charge in [0.1, 0.15) is 0 Å². The van der Waals surface area contributed by atoms with Crippen molar-refractivity contribution in [1.29, 1.82) is 0 Å². The van der Waals surface area contributed by atoms with Gasteiger partial charge in [-0.15, -0.1) is 0 Å². The van der Waals surface area contributed by atoms with Crippen LogP contribution < -0.4 is 10.6 Å². The molecule has 1 fully saturated rings. The number of carboxylic acids is 1. The topological polar surface area (TPSA) is 119 Å². The number of carbonyl (C=O) groups excluding carboxylic acids is 1. The summed E-state index contributed by atoms with van der Waals surface area (Å²) < 4.78 is 0. The molecule has 7 heteroatoms. The number of rotatable bonds is 4. The van der Waals surface area contributed by atoms with Crippen molar-refractivity contribution in [3.63, 3.8) is 0 Å². The lowest BCUT2D eigenvalue weighted by atomic mass is 9.93. The Morgan fingerprint density at radius 3 is 2.33 bits per heavy atom. The third-order valence-corrected chi connectivity index (χ3v) is 3.09. The Balaban J connectivity index is 2.28. The average molecular weight is 260 g/mol. The number of urea groups is 1. The van der Waals surface area contributed by atoms with E-state index in [2.05, 4.69) is 10.6 Å². The van der Waals surface area contributed by atoms with Crippen LogP contribution in [0.4, 0.5) is 4.79 Å². The Bertz CT molecular complexity index is 311. The van der Waals surface area contributed by atoms with E-state index >= 15 is 0 Å². The highest BCUT2D eigenvalue weighted by Crippen LogP contribution is 2.18. The Hall–Kier alpha value is -1.34. The zero-order valence-corrected chi connectivity index (χ0v) is 10.3. The lowest BCUT2D eigenvalue weighted by Gasteiger charge is -2.27. The van der Waals surface area contributed by atoms with Gasteiger partial charge in [-0.2, -0.15) is 0 Å². The number of hydrogen-bond acceptors (Lipinski definition) is 4. The molecule has 18 heavy (non-hydrogen) atoms. The first-order valence-corrected chi connectivity index (χ1v) is 5.99. The number of aliphatic hydroxyl groups excluding tert-OH is 1. The van der Waals surface area contributed by atoms with Gasteiger partial charge in [-0.25, -0.2) is 9.59 Å². The van der Waals surface area contributed by atoms with E-state index in [0.29, 0.717) is 25.7 Å². The smallest absolute Gasteiger partial charge is 0.337 e. The molecule has 0 spiro atoms. The first-order valence-electron chi connectivity index (χ1n) is 5.99. The number of carboxylic acid groups (broad SMARTS) is 1. The fraction of sp³-hybridized carbons (Fsp3) is 0.818. The molecular weight excluding hydrogens is 240 g/mol. The first kappa shape index (κ1) is 14.7. The van der Waals surface area contributed by atoms with E-state index in [-0.39, 0.29) is 18.7 Å². The zero-order chi connectivity index (χ0) is 13.8. The van der Waals surface area contributed by atoms with Gasteiger partial charge in [-0.1, -0.05) is 0 Å². The molecule has 0 aromatic carbocycles. The van der Waals surface area contributed by atoms with Crippen LogP contribution in [-0.4, -0.2) is 51.6 Å². The highest BCUT2D eigenvalue weighted by Gasteiger charge is 2.30. The van der Waals surface area contributed by atoms with Gasteiger partial charge in [-0.05, 0) is 32.6 Å². The van der Waals surface area contributed by atoms with Crippen LogP contribution >= 0.6 is 0 Å². The van der Waals surface area contributed by atoms with Crippen molar-refractivity contribution < 1.29 is 24.9 Å². The Morgan fingerprint density at radius 2 is 1.83 bits per heavy atom. The van der Waals surface area contributed by atoms with E-state index < -0.39 is 17.6 Å². The molecule has 0 aromatic heterocycles. The summed E-state index contributed by atoms with van der Waals surface area (Å²) in [5.74, 6) is -1.39. The second kappa shape index (κ2) is 6.01. The Morgan fingerprint density at radius 1 is 1.28 bits per heavy atom. The predicted octanol–water partition coefficient (Wildman–Crippen LogP) is -0.575. The van der Waals surface area contributed by atoms with Crippen molar-refractivity contribution in [1.82, 2.24) is 10.6 Å². The van der Waals surface area contributed by atoms with Gasteiger partial charge in [0.25, 0.3) is 0 Å². The Labute approximate surface area is 105 Å². The fourth-order valence-corrected chi connectivity index (χ4v) is 1.78. The van der Waals surface area contributed by atoms with Crippen molar-refractivity contribution in [3.8, 4) is 0 Å². The van der Waals surface area contributed by atoms with Crippen molar-refractivity contribution in [2.75, 3.05) is 6.54 Å². The van der Waals surface area contributed by atoms with Gasteiger partial charge < -0.3 is 26.0 Å². The third-order valence-electron chi connectivity index (χ3n) is 3.09. The molecule has 0 aromatic rings. The molecule has 5 N–H and O–H groups in total. The molecule has 0 saturated heterocycles. The van der Waals surface area contributed by atoms with Gasteiger partial charge >= 0.3 is 12.0 Å². The maximum absolute atomic E-state index is 11.5. The van der Waals surface area contributed by atoms with Gasteiger partial charge in [0, 0.05) is 6.04 Å². The minimum atomic E-state index is -1.97. The summed E-state index contributed by atoms with van der Waals surface area (Å²) >= 11 is 0. The van der Waals surface area contributed by atoms with E-state index in [1.165, 1.54) is 0 Å². The van der Waals surface area contributed by atoms with Crippen LogP contribution in [-0.2, 0) is 4.79 Å². The monoisotopic (exact) mass is 260 g/mol. The zero-order valence-electron chi connectivity index (χ0n) is 10.3. The van der Waals surface area contributed by atoms with E-state index in [4.69, 9.17) is 5.11 Å². The molecule has 1 unspecified atom stereocenters. The van der Waals surface area contributed by atoms with Crippen molar-refractivity contribution in [3.05, 3.63) is 0 Å². The normalized spacial score (nSPS) is 27.1. The molecule has 0 bridgehead atoms. The average Bonchev–Trinajstić information content (AvgIpc) is 2.29. The number of hydrogen-bond donors (Lipinski definition) is 5. The molecule has 1 atom stereocenters. The van der Waals surface area contributed by atoms with Gasteiger partial charge in [0.15, 0.2) is 5.60 Å². The number of aliphatic carboxylic acids is 1. The maximum Gasteiger partial charge on any atom is 0.337 e. The maximum atomic E-state index is 11.5. The van der Waals surface area contributed by atoms with Crippen LogP contribution in [0.2, 0.25) is 0 Å². The second-order valence-corrected chi connectivity index (χ2v) is 4.91. The van der Waals surface area contributed by atoms with Crippen LogP contribution in [0.1, 0.15) is 32.6 Å². The molecule has 2 amide bonds. The summed E-state index contributed by atoms with van der Waals surface area (Å²) in [5.41, 5.74) is -1.97. The second-order valence-electron chi connectivity index (χ2n) is 4.91. The minimum absolute atomic E-state index is 0.0109. The molecule has 1 aliphatic rings. The largest absolute Gasteiger partial charge is 0.479 e. The van der Waals surface area contributed by atoms with E-state index in [0.717, 1.165) is 6.92 Å². The van der Waals surface area contributed by atoms with Gasteiger partial charge in [0.05, 0.1) is 12.6 Å². The Kier molecular flexibility index (Phi) is 4.92. The highest BCUT2D eigenvalue weighted by molar-refractivity contribution is 5.79. The summed E-state index contributed by atoms with van der Waals surface area (Å²) in [5, 5.41) is 32.4. The van der Waals surface area contributed by atoms with Crippen LogP contribution in [0.3, 0.4) is 0 Å². The molecule has 7 nitrogen and oxygen atoms in total. The molecular formula is C11H20N2O5. The highest BCUT2D eigenvalue weighted by atomic mass is 16.4. The summed E-state index contributed by atoms with van der Waals surface area (Å²) in [6.45, 7) is 0.760. The summed E-state index contributed by atoms with van der Waals surface area (Å²) in [7, 11) is 0. The number of amides is 2. The molecule has 0 radical (unpaired) electrons. The predicted molar refractivity (Wildman–Crippen MR) is 63.1 cm³/mol. The SMILES string of the molecule is CC(O)(CNC(=O)NC1CCC(O)CC1)C(=O)O. The molecule has 1 saturated carbocycles. The number of nitrogens with one attached hydrogen (secondary N) is 2. The van der Waals surface area contributed by atoms with Crippen molar-refractivity contribution in [2.24, 2.45) is 0 Å². The molecule has 104 valence electrons. The van der Waals surface area contributed by atoms with Crippen LogP contribution in [0, 0.1) is 0 Å². The molecule has 1 aliphatic carbocycles. The molecule has 0 heterocycles. The van der Waals surface area contributed by atoms with Crippen molar-refractivity contribution in [2.45, 2.75) is 50.4 Å². The van der Waals surface area contributed by atoms with Gasteiger partial charge in [0.2, 0.25) is 0 Å². The quantitative estimate of drug-likeness (QED) is 0.463. The van der Waals surface area contributed by atoms with Crippen LogP contribution in [0.25, 0.3) is 0 Å². The molecule has 0 aliphatic heterocycles. The van der Waals surface area contributed by atoms with E-state index in [1.807, 2.05) is 0 Å².